The van der Waals surface area contributed by atoms with Crippen molar-refractivity contribution in [2.24, 2.45) is 0 Å². The van der Waals surface area contributed by atoms with Crippen LogP contribution >= 0.6 is 11.3 Å². The summed E-state index contributed by atoms with van der Waals surface area (Å²) >= 11 is 1.27. The van der Waals surface area contributed by atoms with E-state index in [4.69, 9.17) is 9.15 Å². The molecule has 0 aliphatic rings. The van der Waals surface area contributed by atoms with Crippen molar-refractivity contribution in [2.75, 3.05) is 6.61 Å². The van der Waals surface area contributed by atoms with Crippen molar-refractivity contribution >= 4 is 17.1 Å². The molecule has 1 aromatic carbocycles. The second-order valence-corrected chi connectivity index (χ2v) is 7.61. The zero-order valence-electron chi connectivity index (χ0n) is 16.2. The lowest BCUT2D eigenvalue weighted by atomic mass is 10.0. The molecule has 2 aromatic heterocycles. The number of hydrogen-bond donors (Lipinski definition) is 0. The Labute approximate surface area is 169 Å². The van der Waals surface area contributed by atoms with Gasteiger partial charge in [-0.1, -0.05) is 51.2 Å². The van der Waals surface area contributed by atoms with Gasteiger partial charge < -0.3 is 9.15 Å². The summed E-state index contributed by atoms with van der Waals surface area (Å²) in [7, 11) is 0. The molecule has 28 heavy (non-hydrogen) atoms. The molecule has 0 saturated heterocycles. The van der Waals surface area contributed by atoms with Crippen LogP contribution < -0.4 is 4.74 Å². The zero-order chi connectivity index (χ0) is 19.6. The molecule has 0 N–H and O–H groups in total. The number of ketones is 1. The fourth-order valence-corrected chi connectivity index (χ4v) is 3.64. The van der Waals surface area contributed by atoms with Gasteiger partial charge in [-0.25, -0.2) is 9.97 Å². The molecule has 0 atom stereocenters. The molecule has 3 rings (SSSR count). The second kappa shape index (κ2) is 10.8. The lowest BCUT2D eigenvalue weighted by Gasteiger charge is -2.06. The Morgan fingerprint density at radius 3 is 2.64 bits per heavy atom. The van der Waals surface area contributed by atoms with Crippen LogP contribution in [0.15, 0.2) is 46.5 Å². The minimum absolute atomic E-state index is 0.0324. The van der Waals surface area contributed by atoms with E-state index >= 15 is 0 Å². The highest BCUT2D eigenvalue weighted by Gasteiger charge is 2.15. The molecule has 0 spiro atoms. The summed E-state index contributed by atoms with van der Waals surface area (Å²) in [5.74, 6) is 0.959. The number of Topliss-reactive ketones (excluding diaryl/α,β-unsaturated/α-hetero) is 1. The maximum Gasteiger partial charge on any atom is 0.245 e. The van der Waals surface area contributed by atoms with E-state index < -0.39 is 0 Å². The number of aromatic nitrogens is 2. The number of ether oxygens (including phenoxy) is 1. The van der Waals surface area contributed by atoms with Crippen LogP contribution in [0.1, 0.15) is 60.8 Å². The Bertz CT molecular complexity index is 841. The van der Waals surface area contributed by atoms with Gasteiger partial charge in [-0.05, 0) is 30.5 Å². The Morgan fingerprint density at radius 1 is 1.11 bits per heavy atom. The molecule has 6 heteroatoms. The van der Waals surface area contributed by atoms with Crippen LogP contribution in [0.2, 0.25) is 0 Å². The molecule has 5 nitrogen and oxygen atoms in total. The molecule has 0 fully saturated rings. The first kappa shape index (κ1) is 20.3. The maximum atomic E-state index is 12.3. The molecule has 0 saturated carbocycles. The fraction of sp³-hybridized carbons (Fsp3) is 0.409. The van der Waals surface area contributed by atoms with Crippen LogP contribution in [-0.4, -0.2) is 22.4 Å². The Balaban J connectivity index is 1.41. The largest absolute Gasteiger partial charge is 0.485 e. The number of benzene rings is 1. The van der Waals surface area contributed by atoms with Crippen LogP contribution in [0, 0.1) is 0 Å². The lowest BCUT2D eigenvalue weighted by molar-refractivity contribution is 0.0921. The van der Waals surface area contributed by atoms with E-state index in [2.05, 4.69) is 29.0 Å². The highest BCUT2D eigenvalue weighted by molar-refractivity contribution is 7.12. The van der Waals surface area contributed by atoms with E-state index in [1.165, 1.54) is 61.7 Å². The van der Waals surface area contributed by atoms with E-state index in [-0.39, 0.29) is 12.4 Å². The van der Waals surface area contributed by atoms with Crippen molar-refractivity contribution in [1.29, 1.82) is 0 Å². The lowest BCUT2D eigenvalue weighted by Crippen LogP contribution is -2.11. The van der Waals surface area contributed by atoms with Gasteiger partial charge in [-0.2, -0.15) is 0 Å². The third kappa shape index (κ3) is 6.02. The van der Waals surface area contributed by atoms with Crippen LogP contribution in [-0.2, 0) is 6.42 Å². The molecule has 0 amide bonds. The van der Waals surface area contributed by atoms with Gasteiger partial charge in [0.15, 0.2) is 11.6 Å². The topological polar surface area (TPSA) is 65.2 Å². The minimum atomic E-state index is -0.154. The number of thiazole rings is 1. The van der Waals surface area contributed by atoms with Gasteiger partial charge in [0, 0.05) is 5.38 Å². The number of nitrogens with zero attached hydrogens (tertiary/aromatic N) is 2. The zero-order valence-corrected chi connectivity index (χ0v) is 17.0. The summed E-state index contributed by atoms with van der Waals surface area (Å²) in [6.45, 7) is 2.21. The van der Waals surface area contributed by atoms with Crippen molar-refractivity contribution in [2.45, 2.75) is 51.9 Å². The maximum absolute atomic E-state index is 12.3. The summed E-state index contributed by atoms with van der Waals surface area (Å²) in [6, 6.07) is 8.02. The number of carbonyl (C=O) groups is 1. The van der Waals surface area contributed by atoms with Crippen LogP contribution in [0.3, 0.4) is 0 Å². The summed E-state index contributed by atoms with van der Waals surface area (Å²) < 4.78 is 10.8. The standard InChI is InChI=1S/C22H26N2O3S/c1-2-3-4-5-6-7-8-17-9-11-18(12-10-17)27-15-20(25)22-24-19(16-28-22)21-23-13-14-26-21/h9-14,16H,2-8,15H2,1H3. The fourth-order valence-electron chi connectivity index (χ4n) is 2.92. The van der Waals surface area contributed by atoms with E-state index in [1.807, 2.05) is 12.1 Å². The average molecular weight is 399 g/mol. The minimum Gasteiger partial charge on any atom is -0.485 e. The third-order valence-electron chi connectivity index (χ3n) is 4.51. The first-order valence-corrected chi connectivity index (χ1v) is 10.7. The summed E-state index contributed by atoms with van der Waals surface area (Å²) in [4.78, 5) is 20.6. The van der Waals surface area contributed by atoms with Gasteiger partial charge in [-0.15, -0.1) is 11.3 Å². The van der Waals surface area contributed by atoms with Crippen LogP contribution in [0.4, 0.5) is 0 Å². The quantitative estimate of drug-likeness (QED) is 0.278. The first-order chi connectivity index (χ1) is 13.8. The number of oxazole rings is 1. The van der Waals surface area contributed by atoms with Gasteiger partial charge >= 0.3 is 0 Å². The molecule has 0 bridgehead atoms. The second-order valence-electron chi connectivity index (χ2n) is 6.75. The molecule has 0 radical (unpaired) electrons. The SMILES string of the molecule is CCCCCCCCc1ccc(OCC(=O)c2nc(-c3ncco3)cs2)cc1. The molecular weight excluding hydrogens is 372 g/mol. The van der Waals surface area contributed by atoms with Gasteiger partial charge in [-0.3, -0.25) is 4.79 Å². The first-order valence-electron chi connectivity index (χ1n) is 9.86. The Hall–Kier alpha value is -2.47. The predicted molar refractivity (Wildman–Crippen MR) is 111 cm³/mol. The van der Waals surface area contributed by atoms with Crippen molar-refractivity contribution < 1.29 is 13.9 Å². The number of carbonyl (C=O) groups excluding carboxylic acids is 1. The molecule has 148 valence electrons. The van der Waals surface area contributed by atoms with Crippen molar-refractivity contribution in [3.63, 3.8) is 0 Å². The summed E-state index contributed by atoms with van der Waals surface area (Å²) in [5, 5.41) is 2.16. The molecule has 0 aliphatic carbocycles. The Kier molecular flexibility index (Phi) is 7.79. The predicted octanol–water partition coefficient (Wildman–Crippen LogP) is 5.96. The number of rotatable bonds is 12. The molecule has 0 unspecified atom stereocenters. The van der Waals surface area contributed by atoms with Gasteiger partial charge in [0.25, 0.3) is 0 Å². The molecule has 2 heterocycles. The Morgan fingerprint density at radius 2 is 1.89 bits per heavy atom. The van der Waals surface area contributed by atoms with E-state index in [0.29, 0.717) is 22.3 Å². The van der Waals surface area contributed by atoms with Gasteiger partial charge in [0.2, 0.25) is 11.7 Å². The van der Waals surface area contributed by atoms with E-state index in [9.17, 15) is 4.79 Å². The number of aryl methyl sites for hydroxylation is 1. The van der Waals surface area contributed by atoms with Crippen LogP contribution in [0.25, 0.3) is 11.6 Å². The number of hydrogen-bond acceptors (Lipinski definition) is 6. The highest BCUT2D eigenvalue weighted by atomic mass is 32.1. The molecule has 0 aliphatic heterocycles. The van der Waals surface area contributed by atoms with Crippen molar-refractivity contribution in [1.82, 2.24) is 9.97 Å². The highest BCUT2D eigenvalue weighted by Crippen LogP contribution is 2.21. The number of unbranched alkanes of at least 4 members (excludes halogenated alkanes) is 5. The monoisotopic (exact) mass is 398 g/mol. The summed E-state index contributed by atoms with van der Waals surface area (Å²) in [5.41, 5.74) is 1.88. The third-order valence-corrected chi connectivity index (χ3v) is 5.39. The van der Waals surface area contributed by atoms with E-state index in [1.54, 1.807) is 11.6 Å². The van der Waals surface area contributed by atoms with E-state index in [0.717, 1.165) is 6.42 Å². The summed E-state index contributed by atoms with van der Waals surface area (Å²) in [6.07, 6.45) is 11.9. The average Bonchev–Trinajstić information content (AvgIpc) is 3.41. The van der Waals surface area contributed by atoms with Crippen molar-refractivity contribution in [3.05, 3.63) is 52.7 Å². The normalized spacial score (nSPS) is 10.9. The molecular formula is C22H26N2O3S. The van der Waals surface area contributed by atoms with Gasteiger partial charge in [0.1, 0.15) is 17.7 Å². The van der Waals surface area contributed by atoms with Crippen molar-refractivity contribution in [3.8, 4) is 17.3 Å². The molecule has 3 aromatic rings. The van der Waals surface area contributed by atoms with Gasteiger partial charge in [0.05, 0.1) is 6.20 Å². The van der Waals surface area contributed by atoms with Crippen LogP contribution in [0.5, 0.6) is 5.75 Å². The smallest absolute Gasteiger partial charge is 0.245 e.